The molecule has 0 fully saturated rings. The summed E-state index contributed by atoms with van der Waals surface area (Å²) in [7, 11) is 1.68. The smallest absolute Gasteiger partial charge is 0.254 e. The van der Waals surface area contributed by atoms with E-state index in [9.17, 15) is 4.79 Å². The molecule has 0 radical (unpaired) electrons. The Balaban J connectivity index is 1.67. The molecule has 0 N–H and O–H groups in total. The van der Waals surface area contributed by atoms with Crippen molar-refractivity contribution < 1.29 is 9.53 Å². The lowest BCUT2D eigenvalue weighted by atomic mass is 9.97. The SMILES string of the molecule is COCc1ccc(C(=O)N2CCc3sccc3[C@H]2c2cccs2)cc1. The van der Waals surface area contributed by atoms with E-state index in [1.54, 1.807) is 29.8 Å². The molecule has 0 bridgehead atoms. The lowest BCUT2D eigenvalue weighted by Crippen LogP contribution is -2.39. The molecule has 1 aliphatic rings. The predicted molar refractivity (Wildman–Crippen MR) is 102 cm³/mol. The summed E-state index contributed by atoms with van der Waals surface area (Å²) in [6.45, 7) is 1.32. The first kappa shape index (κ1) is 16.5. The van der Waals surface area contributed by atoms with Crippen LogP contribution in [0.4, 0.5) is 0 Å². The van der Waals surface area contributed by atoms with Crippen molar-refractivity contribution in [2.45, 2.75) is 19.1 Å². The Kier molecular flexibility index (Phi) is 4.70. The van der Waals surface area contributed by atoms with Crippen molar-refractivity contribution in [3.8, 4) is 0 Å². The summed E-state index contributed by atoms with van der Waals surface area (Å²) in [4.78, 5) is 17.9. The van der Waals surface area contributed by atoms with E-state index < -0.39 is 0 Å². The van der Waals surface area contributed by atoms with E-state index in [2.05, 4.69) is 29.0 Å². The first-order valence-corrected chi connectivity index (χ1v) is 10.0. The van der Waals surface area contributed by atoms with Gasteiger partial charge in [0, 0.05) is 29.0 Å². The Morgan fingerprint density at radius 3 is 2.72 bits per heavy atom. The highest BCUT2D eigenvalue weighted by atomic mass is 32.1. The molecule has 0 aliphatic carbocycles. The van der Waals surface area contributed by atoms with Crippen LogP contribution in [0.1, 0.15) is 37.3 Å². The van der Waals surface area contributed by atoms with Crippen molar-refractivity contribution in [2.24, 2.45) is 0 Å². The number of ether oxygens (including phenoxy) is 1. The van der Waals surface area contributed by atoms with Crippen LogP contribution in [0.5, 0.6) is 0 Å². The molecule has 2 aromatic heterocycles. The molecule has 0 spiro atoms. The number of amides is 1. The van der Waals surface area contributed by atoms with E-state index in [0.29, 0.717) is 6.61 Å². The molecule has 3 nitrogen and oxygen atoms in total. The number of fused-ring (bicyclic) bond motifs is 1. The van der Waals surface area contributed by atoms with Crippen LogP contribution in [-0.2, 0) is 17.8 Å². The van der Waals surface area contributed by atoms with E-state index in [-0.39, 0.29) is 11.9 Å². The van der Waals surface area contributed by atoms with Crippen LogP contribution in [-0.4, -0.2) is 24.5 Å². The third kappa shape index (κ3) is 3.15. The second-order valence-corrected chi connectivity index (χ2v) is 8.08. The zero-order valence-electron chi connectivity index (χ0n) is 14.0. The molecule has 1 atom stereocenters. The molecule has 1 aliphatic heterocycles. The van der Waals surface area contributed by atoms with Crippen molar-refractivity contribution in [2.75, 3.05) is 13.7 Å². The molecule has 25 heavy (non-hydrogen) atoms. The van der Waals surface area contributed by atoms with Crippen molar-refractivity contribution in [3.63, 3.8) is 0 Å². The number of rotatable bonds is 4. The maximum atomic E-state index is 13.2. The van der Waals surface area contributed by atoms with Crippen LogP contribution in [0.25, 0.3) is 0 Å². The number of benzene rings is 1. The largest absolute Gasteiger partial charge is 0.380 e. The van der Waals surface area contributed by atoms with Gasteiger partial charge in [-0.05, 0) is 52.6 Å². The van der Waals surface area contributed by atoms with Crippen molar-refractivity contribution >= 4 is 28.6 Å². The predicted octanol–water partition coefficient (Wildman–Crippen LogP) is 4.74. The number of hydrogen-bond donors (Lipinski definition) is 0. The normalized spacial score (nSPS) is 16.7. The number of thiophene rings is 2. The first-order valence-electron chi connectivity index (χ1n) is 8.26. The number of methoxy groups -OCH3 is 1. The molecular formula is C20H19NO2S2. The topological polar surface area (TPSA) is 29.5 Å². The van der Waals surface area contributed by atoms with Gasteiger partial charge in [0.2, 0.25) is 0 Å². The number of carbonyl (C=O) groups is 1. The molecule has 1 amide bonds. The summed E-state index contributed by atoms with van der Waals surface area (Å²) >= 11 is 3.51. The fraction of sp³-hybridized carbons (Fsp3) is 0.250. The summed E-state index contributed by atoms with van der Waals surface area (Å²) in [6.07, 6.45) is 0.933. The van der Waals surface area contributed by atoms with E-state index in [4.69, 9.17) is 4.74 Å². The average molecular weight is 370 g/mol. The third-order valence-electron chi connectivity index (χ3n) is 4.55. The van der Waals surface area contributed by atoms with E-state index in [0.717, 1.165) is 24.1 Å². The zero-order valence-corrected chi connectivity index (χ0v) is 15.6. The molecule has 0 saturated heterocycles. The molecule has 0 saturated carbocycles. The highest BCUT2D eigenvalue weighted by Crippen LogP contribution is 2.40. The average Bonchev–Trinajstić information content (AvgIpc) is 3.33. The molecular weight excluding hydrogens is 350 g/mol. The van der Waals surface area contributed by atoms with Gasteiger partial charge >= 0.3 is 0 Å². The van der Waals surface area contributed by atoms with Crippen molar-refractivity contribution in [1.82, 2.24) is 4.90 Å². The second-order valence-electron chi connectivity index (χ2n) is 6.10. The Morgan fingerprint density at radius 2 is 2.00 bits per heavy atom. The van der Waals surface area contributed by atoms with Crippen LogP contribution >= 0.6 is 22.7 Å². The van der Waals surface area contributed by atoms with E-state index in [1.165, 1.54) is 15.3 Å². The number of hydrogen-bond acceptors (Lipinski definition) is 4. The number of carbonyl (C=O) groups excluding carboxylic acids is 1. The van der Waals surface area contributed by atoms with Gasteiger partial charge in [0.1, 0.15) is 0 Å². The van der Waals surface area contributed by atoms with Gasteiger partial charge in [-0.1, -0.05) is 18.2 Å². The minimum atomic E-state index is 0.0288. The molecule has 128 valence electrons. The monoisotopic (exact) mass is 369 g/mol. The summed E-state index contributed by atoms with van der Waals surface area (Å²) in [6, 6.07) is 14.1. The van der Waals surface area contributed by atoms with E-state index in [1.807, 2.05) is 29.2 Å². The van der Waals surface area contributed by atoms with Crippen LogP contribution < -0.4 is 0 Å². The Morgan fingerprint density at radius 1 is 1.16 bits per heavy atom. The summed E-state index contributed by atoms with van der Waals surface area (Å²) < 4.78 is 5.15. The van der Waals surface area contributed by atoms with Gasteiger partial charge in [-0.15, -0.1) is 22.7 Å². The fourth-order valence-electron chi connectivity index (χ4n) is 3.36. The quantitative estimate of drug-likeness (QED) is 0.664. The van der Waals surface area contributed by atoms with Crippen molar-refractivity contribution in [3.05, 3.63) is 79.7 Å². The van der Waals surface area contributed by atoms with Crippen LogP contribution in [0.2, 0.25) is 0 Å². The van der Waals surface area contributed by atoms with Gasteiger partial charge in [-0.25, -0.2) is 0 Å². The maximum absolute atomic E-state index is 13.2. The summed E-state index contributed by atoms with van der Waals surface area (Å²) in [5.74, 6) is 0.0965. The highest BCUT2D eigenvalue weighted by Gasteiger charge is 2.33. The van der Waals surface area contributed by atoms with E-state index >= 15 is 0 Å². The maximum Gasteiger partial charge on any atom is 0.254 e. The van der Waals surface area contributed by atoms with Gasteiger partial charge < -0.3 is 9.64 Å². The summed E-state index contributed by atoms with van der Waals surface area (Å²) in [5, 5.41) is 4.22. The zero-order chi connectivity index (χ0) is 17.2. The minimum absolute atomic E-state index is 0.0288. The fourth-order valence-corrected chi connectivity index (χ4v) is 5.12. The van der Waals surface area contributed by atoms with Gasteiger partial charge in [-0.3, -0.25) is 4.79 Å². The van der Waals surface area contributed by atoms with Crippen LogP contribution in [0.15, 0.2) is 53.2 Å². The highest BCUT2D eigenvalue weighted by molar-refractivity contribution is 7.10. The summed E-state index contributed by atoms with van der Waals surface area (Å²) in [5.41, 5.74) is 3.09. The Bertz CT molecular complexity index is 852. The molecule has 1 aromatic carbocycles. The molecule has 3 aromatic rings. The lowest BCUT2D eigenvalue weighted by molar-refractivity contribution is 0.0698. The molecule has 0 unspecified atom stereocenters. The Hall–Kier alpha value is -1.95. The van der Waals surface area contributed by atoms with Crippen LogP contribution in [0.3, 0.4) is 0 Å². The number of nitrogens with zero attached hydrogens (tertiary/aromatic N) is 1. The minimum Gasteiger partial charge on any atom is -0.380 e. The third-order valence-corrected chi connectivity index (χ3v) is 6.47. The molecule has 3 heterocycles. The van der Waals surface area contributed by atoms with Crippen LogP contribution in [0, 0.1) is 0 Å². The standard InChI is InChI=1S/C20H19NO2S2/c1-23-13-14-4-6-15(7-5-14)20(22)21-10-8-17-16(9-12-25-17)19(21)18-3-2-11-24-18/h2-7,9,11-12,19H,8,10,13H2,1H3/t19-/m0/s1. The first-order chi connectivity index (χ1) is 12.3. The molecule has 5 heteroatoms. The second kappa shape index (κ2) is 7.12. The van der Waals surface area contributed by atoms with Gasteiger partial charge in [0.05, 0.1) is 12.6 Å². The van der Waals surface area contributed by atoms with Gasteiger partial charge in [0.25, 0.3) is 5.91 Å². The Labute approximate surface area is 155 Å². The lowest BCUT2D eigenvalue weighted by Gasteiger charge is -2.35. The van der Waals surface area contributed by atoms with Crippen molar-refractivity contribution in [1.29, 1.82) is 0 Å². The molecule has 4 rings (SSSR count). The van der Waals surface area contributed by atoms with Gasteiger partial charge in [-0.2, -0.15) is 0 Å². The van der Waals surface area contributed by atoms with Gasteiger partial charge in [0.15, 0.2) is 0 Å².